The number of ether oxygens (including phenoxy) is 1. The molecule has 0 fully saturated rings. The molecule has 0 saturated carbocycles. The molecule has 0 unspecified atom stereocenters. The second-order valence-corrected chi connectivity index (χ2v) is 3.88. The summed E-state index contributed by atoms with van der Waals surface area (Å²) in [6, 6.07) is 2.26. The second-order valence-electron chi connectivity index (χ2n) is 3.03. The van der Waals surface area contributed by atoms with E-state index in [0.717, 1.165) is 12.5 Å². The minimum Gasteiger partial charge on any atom is -0.493 e. The lowest BCUT2D eigenvalue weighted by Crippen LogP contribution is -2.32. The largest absolute Gasteiger partial charge is 0.493 e. The molecule has 3 nitrogen and oxygen atoms in total. The van der Waals surface area contributed by atoms with Crippen LogP contribution in [0.25, 0.3) is 0 Å². The van der Waals surface area contributed by atoms with Crippen molar-refractivity contribution in [3.05, 3.63) is 22.4 Å². The van der Waals surface area contributed by atoms with E-state index in [1.165, 1.54) is 6.07 Å². The molecule has 0 amide bonds. The van der Waals surface area contributed by atoms with Gasteiger partial charge in [0.2, 0.25) is 0 Å². The molecule has 0 bridgehead atoms. The normalized spacial score (nSPS) is 10.2. The summed E-state index contributed by atoms with van der Waals surface area (Å²) in [5.74, 6) is -0.276. The summed E-state index contributed by atoms with van der Waals surface area (Å²) in [4.78, 5) is 0. The first-order chi connectivity index (χ1) is 7.06. The molecule has 1 rings (SSSR count). The van der Waals surface area contributed by atoms with Crippen molar-refractivity contribution in [3.8, 4) is 5.75 Å². The molecule has 1 aromatic carbocycles. The summed E-state index contributed by atoms with van der Waals surface area (Å²) in [7, 11) is -1.75. The van der Waals surface area contributed by atoms with Crippen LogP contribution in [0.1, 0.15) is 13.3 Å². The fourth-order valence-corrected chi connectivity index (χ4v) is 1.69. The number of hydrogen-bond acceptors (Lipinski definition) is 3. The van der Waals surface area contributed by atoms with Crippen LogP contribution in [0.4, 0.5) is 4.39 Å². The van der Waals surface area contributed by atoms with Gasteiger partial charge in [0.25, 0.3) is 0 Å². The Morgan fingerprint density at radius 3 is 2.67 bits per heavy atom. The van der Waals surface area contributed by atoms with Gasteiger partial charge < -0.3 is 14.8 Å². The Morgan fingerprint density at radius 1 is 1.47 bits per heavy atom. The number of rotatable bonds is 4. The topological polar surface area (TPSA) is 49.7 Å². The molecule has 0 aromatic heterocycles. The van der Waals surface area contributed by atoms with Gasteiger partial charge in [0.1, 0.15) is 11.6 Å². The van der Waals surface area contributed by atoms with Crippen molar-refractivity contribution >= 4 is 28.5 Å². The highest BCUT2D eigenvalue weighted by Crippen LogP contribution is 2.24. The van der Waals surface area contributed by atoms with Gasteiger partial charge in [-0.05, 0) is 34.5 Å². The molecule has 6 heteroatoms. The summed E-state index contributed by atoms with van der Waals surface area (Å²) in [6.07, 6.45) is 0.783. The standard InChI is InChI=1S/C9H11BBrFO3/c1-2-3-15-9-7(10(13)14)4-6(12)5-8(9)11/h4-5,13-14H,2-3H2,1H3. The molecule has 0 aliphatic carbocycles. The SMILES string of the molecule is CCCOc1c(Br)cc(F)cc1B(O)O. The fraction of sp³-hybridized carbons (Fsp3) is 0.333. The summed E-state index contributed by atoms with van der Waals surface area (Å²) in [5.41, 5.74) is 0.0234. The van der Waals surface area contributed by atoms with E-state index in [1.807, 2.05) is 6.92 Å². The molecular weight excluding hydrogens is 266 g/mol. The maximum Gasteiger partial charge on any atom is 0.492 e. The van der Waals surface area contributed by atoms with Crippen LogP contribution < -0.4 is 10.2 Å². The first kappa shape index (κ1) is 12.5. The summed E-state index contributed by atoms with van der Waals surface area (Å²) in [6.45, 7) is 2.36. The van der Waals surface area contributed by atoms with Crippen molar-refractivity contribution in [1.29, 1.82) is 0 Å². The molecule has 0 radical (unpaired) electrons. The lowest BCUT2D eigenvalue weighted by Gasteiger charge is -2.12. The predicted molar refractivity (Wildman–Crippen MR) is 59.7 cm³/mol. The lowest BCUT2D eigenvalue weighted by atomic mass is 9.79. The Labute approximate surface area is 96.2 Å². The molecular formula is C9H11BBrFO3. The molecule has 0 spiro atoms. The van der Waals surface area contributed by atoms with Gasteiger partial charge in [-0.1, -0.05) is 6.92 Å². The van der Waals surface area contributed by atoms with E-state index in [4.69, 9.17) is 14.8 Å². The van der Waals surface area contributed by atoms with E-state index in [9.17, 15) is 4.39 Å². The fourth-order valence-electron chi connectivity index (χ4n) is 1.13. The van der Waals surface area contributed by atoms with Gasteiger partial charge in [0, 0.05) is 5.46 Å². The van der Waals surface area contributed by atoms with Gasteiger partial charge >= 0.3 is 7.12 Å². The zero-order valence-electron chi connectivity index (χ0n) is 8.20. The van der Waals surface area contributed by atoms with Crippen molar-refractivity contribution in [2.45, 2.75) is 13.3 Å². The molecule has 0 aliphatic heterocycles. The van der Waals surface area contributed by atoms with E-state index in [1.54, 1.807) is 0 Å². The van der Waals surface area contributed by atoms with Gasteiger partial charge in [-0.2, -0.15) is 0 Å². The van der Waals surface area contributed by atoms with Crippen LogP contribution in [0.2, 0.25) is 0 Å². The Morgan fingerprint density at radius 2 is 2.13 bits per heavy atom. The molecule has 1 aromatic rings. The van der Waals surface area contributed by atoms with Gasteiger partial charge in [-0.25, -0.2) is 4.39 Å². The Kier molecular flexibility index (Phi) is 4.57. The molecule has 82 valence electrons. The molecule has 0 atom stereocenters. The van der Waals surface area contributed by atoms with Crippen LogP contribution in [0.5, 0.6) is 5.75 Å². The Hall–Kier alpha value is -0.585. The Balaban J connectivity index is 3.09. The average molecular weight is 277 g/mol. The van der Waals surface area contributed by atoms with E-state index in [-0.39, 0.29) is 11.2 Å². The molecule has 0 heterocycles. The maximum absolute atomic E-state index is 13.0. The number of benzene rings is 1. The van der Waals surface area contributed by atoms with Crippen LogP contribution in [0.15, 0.2) is 16.6 Å². The molecule has 0 aliphatic rings. The van der Waals surface area contributed by atoms with Gasteiger partial charge in [-0.3, -0.25) is 0 Å². The first-order valence-corrected chi connectivity index (χ1v) is 5.33. The predicted octanol–water partition coefficient (Wildman–Crippen LogP) is 1.06. The number of halogens is 2. The lowest BCUT2D eigenvalue weighted by molar-refractivity contribution is 0.315. The molecule has 15 heavy (non-hydrogen) atoms. The van der Waals surface area contributed by atoms with Gasteiger partial charge in [0.15, 0.2) is 0 Å². The van der Waals surface area contributed by atoms with E-state index >= 15 is 0 Å². The minimum absolute atomic E-state index is 0.0234. The average Bonchev–Trinajstić information content (AvgIpc) is 2.15. The quantitative estimate of drug-likeness (QED) is 0.809. The third-order valence-corrected chi connectivity index (χ3v) is 2.35. The van der Waals surface area contributed by atoms with Crippen molar-refractivity contribution in [2.75, 3.05) is 6.61 Å². The Bertz CT molecular complexity index is 346. The highest BCUT2D eigenvalue weighted by atomic mass is 79.9. The van der Waals surface area contributed by atoms with E-state index in [2.05, 4.69) is 15.9 Å². The summed E-state index contributed by atoms with van der Waals surface area (Å²) in [5, 5.41) is 18.1. The van der Waals surface area contributed by atoms with Crippen molar-refractivity contribution in [3.63, 3.8) is 0 Å². The third kappa shape index (κ3) is 3.19. The highest BCUT2D eigenvalue weighted by molar-refractivity contribution is 9.10. The van der Waals surface area contributed by atoms with Gasteiger partial charge in [0.05, 0.1) is 11.1 Å². The summed E-state index contributed by atoms with van der Waals surface area (Å²) >= 11 is 3.11. The zero-order chi connectivity index (χ0) is 11.4. The second kappa shape index (κ2) is 5.49. The minimum atomic E-state index is -1.75. The maximum atomic E-state index is 13.0. The molecule has 0 saturated heterocycles. The van der Waals surface area contributed by atoms with Crippen molar-refractivity contribution in [2.24, 2.45) is 0 Å². The van der Waals surface area contributed by atoms with Crippen LogP contribution in [0, 0.1) is 5.82 Å². The van der Waals surface area contributed by atoms with Crippen LogP contribution in [0.3, 0.4) is 0 Å². The molecule has 2 N–H and O–H groups in total. The van der Waals surface area contributed by atoms with Crippen LogP contribution in [-0.4, -0.2) is 23.8 Å². The van der Waals surface area contributed by atoms with Crippen molar-refractivity contribution < 1.29 is 19.2 Å². The smallest absolute Gasteiger partial charge is 0.492 e. The van der Waals surface area contributed by atoms with Crippen molar-refractivity contribution in [1.82, 2.24) is 0 Å². The van der Waals surface area contributed by atoms with E-state index in [0.29, 0.717) is 11.1 Å². The number of hydrogen-bond donors (Lipinski definition) is 2. The third-order valence-electron chi connectivity index (χ3n) is 1.77. The highest BCUT2D eigenvalue weighted by Gasteiger charge is 2.20. The van der Waals surface area contributed by atoms with E-state index < -0.39 is 12.9 Å². The monoisotopic (exact) mass is 276 g/mol. The summed E-state index contributed by atoms with van der Waals surface area (Å²) < 4.78 is 18.7. The van der Waals surface area contributed by atoms with Gasteiger partial charge in [-0.15, -0.1) is 0 Å². The van der Waals surface area contributed by atoms with Crippen LogP contribution in [-0.2, 0) is 0 Å². The zero-order valence-corrected chi connectivity index (χ0v) is 9.79. The van der Waals surface area contributed by atoms with Crippen LogP contribution >= 0.6 is 15.9 Å². The first-order valence-electron chi connectivity index (χ1n) is 4.54.